The fraction of sp³-hybridized carbons (Fsp3) is 0.200. The number of pyridine rings is 1. The highest BCUT2D eigenvalue weighted by atomic mass is 19.2. The Hall–Kier alpha value is -3.26. The Labute approximate surface area is 158 Å². The number of hydrogen-bond acceptors (Lipinski definition) is 3. The number of aromatic amines is 1. The van der Waals surface area contributed by atoms with Crippen LogP contribution in [0.2, 0.25) is 0 Å². The van der Waals surface area contributed by atoms with E-state index >= 15 is 0 Å². The molecule has 0 radical (unpaired) electrons. The highest BCUT2D eigenvalue weighted by Gasteiger charge is 2.31. The summed E-state index contributed by atoms with van der Waals surface area (Å²) in [5.74, 6) is -2.15. The molecule has 0 saturated carbocycles. The van der Waals surface area contributed by atoms with Gasteiger partial charge in [0.25, 0.3) is 5.56 Å². The molecule has 0 unspecified atom stereocenters. The van der Waals surface area contributed by atoms with Gasteiger partial charge in [-0.05, 0) is 29.7 Å². The predicted octanol–water partition coefficient (Wildman–Crippen LogP) is 3.54. The third-order valence-electron chi connectivity index (χ3n) is 4.85. The minimum absolute atomic E-state index is 0.0291. The van der Waals surface area contributed by atoms with Crippen LogP contribution < -0.4 is 10.9 Å². The summed E-state index contributed by atoms with van der Waals surface area (Å²) in [5.41, 5.74) is 1.08. The molecule has 28 heavy (non-hydrogen) atoms. The molecular weight excluding hydrogens is 368 g/mol. The number of amides is 2. The quantitative estimate of drug-likeness (QED) is 0.709. The standard InChI is InChI=1S/C20H17F2N3O3/c1-25(20(27)23-11-5-3-2-4-6-11)17-10-28-9-16-18(17)12-7-14(21)15(22)8-13(12)19(26)24-16/h2-8,17H,9-10H2,1H3,(H,23,27)(H,24,26)/t17-/m1/s1. The van der Waals surface area contributed by atoms with Crippen molar-refractivity contribution >= 4 is 22.5 Å². The van der Waals surface area contributed by atoms with E-state index in [1.165, 1.54) is 4.90 Å². The fourth-order valence-electron chi connectivity index (χ4n) is 3.42. The third-order valence-corrected chi connectivity index (χ3v) is 4.85. The molecule has 2 heterocycles. The van der Waals surface area contributed by atoms with Crippen molar-refractivity contribution < 1.29 is 18.3 Å². The largest absolute Gasteiger partial charge is 0.373 e. The molecule has 2 amide bonds. The minimum atomic E-state index is -1.10. The summed E-state index contributed by atoms with van der Waals surface area (Å²) in [6, 6.07) is 9.82. The first-order valence-corrected chi connectivity index (χ1v) is 8.66. The van der Waals surface area contributed by atoms with Gasteiger partial charge in [-0.15, -0.1) is 0 Å². The first-order chi connectivity index (χ1) is 13.5. The molecular formula is C20H17F2N3O3. The van der Waals surface area contributed by atoms with Crippen LogP contribution in [0.4, 0.5) is 19.3 Å². The first kappa shape index (κ1) is 18.1. The van der Waals surface area contributed by atoms with Crippen LogP contribution in [0.5, 0.6) is 0 Å². The summed E-state index contributed by atoms with van der Waals surface area (Å²) in [7, 11) is 1.58. The summed E-state index contributed by atoms with van der Waals surface area (Å²) in [6.45, 7) is 0.274. The lowest BCUT2D eigenvalue weighted by Gasteiger charge is -2.33. The summed E-state index contributed by atoms with van der Waals surface area (Å²) in [6.07, 6.45) is 0. The number of H-pyrrole nitrogens is 1. The van der Waals surface area contributed by atoms with Crippen molar-refractivity contribution in [1.29, 1.82) is 0 Å². The van der Waals surface area contributed by atoms with Crippen molar-refractivity contribution in [1.82, 2.24) is 9.88 Å². The van der Waals surface area contributed by atoms with Crippen LogP contribution in [-0.2, 0) is 11.3 Å². The van der Waals surface area contributed by atoms with Crippen molar-refractivity contribution in [2.45, 2.75) is 12.6 Å². The van der Waals surface area contributed by atoms with Gasteiger partial charge in [0.2, 0.25) is 0 Å². The van der Waals surface area contributed by atoms with Crippen LogP contribution in [0.25, 0.3) is 10.8 Å². The number of ether oxygens (including phenoxy) is 1. The Bertz CT molecular complexity index is 1120. The third kappa shape index (κ3) is 3.11. The van der Waals surface area contributed by atoms with Crippen molar-refractivity contribution in [2.24, 2.45) is 0 Å². The summed E-state index contributed by atoms with van der Waals surface area (Å²) < 4.78 is 33.1. The number of nitrogens with zero attached hydrogens (tertiary/aromatic N) is 1. The van der Waals surface area contributed by atoms with E-state index in [2.05, 4.69) is 10.3 Å². The van der Waals surface area contributed by atoms with E-state index in [0.29, 0.717) is 16.9 Å². The van der Waals surface area contributed by atoms with Gasteiger partial charge in [-0.3, -0.25) is 4.79 Å². The number of likely N-dealkylation sites (N-methyl/N-ethyl adjacent to an activating group) is 1. The van der Waals surface area contributed by atoms with Crippen LogP contribution in [0.3, 0.4) is 0 Å². The molecule has 1 atom stereocenters. The second kappa shape index (κ2) is 7.05. The molecule has 0 fully saturated rings. The number of anilines is 1. The zero-order chi connectivity index (χ0) is 19.8. The van der Waals surface area contributed by atoms with Gasteiger partial charge in [0, 0.05) is 24.0 Å². The molecule has 0 saturated heterocycles. The van der Waals surface area contributed by atoms with E-state index in [-0.39, 0.29) is 24.0 Å². The highest BCUT2D eigenvalue weighted by Crippen LogP contribution is 2.33. The van der Waals surface area contributed by atoms with E-state index < -0.39 is 29.3 Å². The Morgan fingerprint density at radius 2 is 1.86 bits per heavy atom. The lowest BCUT2D eigenvalue weighted by molar-refractivity contribution is 0.0527. The maximum Gasteiger partial charge on any atom is 0.322 e. The molecule has 6 nitrogen and oxygen atoms in total. The van der Waals surface area contributed by atoms with Crippen LogP contribution in [0, 0.1) is 11.6 Å². The molecule has 0 bridgehead atoms. The number of halogens is 2. The smallest absolute Gasteiger partial charge is 0.322 e. The molecule has 0 aliphatic carbocycles. The monoisotopic (exact) mass is 385 g/mol. The van der Waals surface area contributed by atoms with Gasteiger partial charge in [-0.1, -0.05) is 18.2 Å². The molecule has 1 aliphatic rings. The van der Waals surface area contributed by atoms with Crippen molar-refractivity contribution in [3.05, 3.63) is 75.7 Å². The van der Waals surface area contributed by atoms with Crippen molar-refractivity contribution in [2.75, 3.05) is 19.0 Å². The normalized spacial score (nSPS) is 15.9. The number of para-hydroxylation sites is 1. The van der Waals surface area contributed by atoms with E-state index in [0.717, 1.165) is 12.1 Å². The summed E-state index contributed by atoms with van der Waals surface area (Å²) >= 11 is 0. The summed E-state index contributed by atoms with van der Waals surface area (Å²) in [5, 5.41) is 3.07. The van der Waals surface area contributed by atoms with E-state index in [9.17, 15) is 18.4 Å². The molecule has 144 valence electrons. The number of carbonyl (C=O) groups excluding carboxylic acids is 1. The second-order valence-electron chi connectivity index (χ2n) is 6.60. The average molecular weight is 385 g/mol. The van der Waals surface area contributed by atoms with Gasteiger partial charge >= 0.3 is 6.03 Å². The zero-order valence-corrected chi connectivity index (χ0v) is 15.0. The Morgan fingerprint density at radius 1 is 1.18 bits per heavy atom. The van der Waals surface area contributed by atoms with Crippen LogP contribution in [0.15, 0.2) is 47.3 Å². The summed E-state index contributed by atoms with van der Waals surface area (Å²) in [4.78, 5) is 29.1. The maximum atomic E-state index is 13.9. The van der Waals surface area contributed by atoms with Gasteiger partial charge in [-0.2, -0.15) is 0 Å². The van der Waals surface area contributed by atoms with Gasteiger partial charge in [-0.25, -0.2) is 13.6 Å². The van der Waals surface area contributed by atoms with Crippen molar-refractivity contribution in [3.63, 3.8) is 0 Å². The topological polar surface area (TPSA) is 74.4 Å². The van der Waals surface area contributed by atoms with Crippen LogP contribution in [0.1, 0.15) is 17.3 Å². The van der Waals surface area contributed by atoms with E-state index in [1.807, 2.05) is 6.07 Å². The van der Waals surface area contributed by atoms with Gasteiger partial charge in [0.05, 0.1) is 24.6 Å². The molecule has 1 aromatic heterocycles. The lowest BCUT2D eigenvalue weighted by Crippen LogP contribution is -2.39. The second-order valence-corrected chi connectivity index (χ2v) is 6.60. The average Bonchev–Trinajstić information content (AvgIpc) is 2.69. The van der Waals surface area contributed by atoms with Crippen molar-refractivity contribution in [3.8, 4) is 0 Å². The SMILES string of the molecule is CN(C(=O)Nc1ccccc1)[C@@H]1COCc2[nH]c(=O)c3cc(F)c(F)cc3c21. The molecule has 0 spiro atoms. The van der Waals surface area contributed by atoms with Gasteiger partial charge in [0.15, 0.2) is 11.6 Å². The Balaban J connectivity index is 1.77. The molecule has 3 aromatic rings. The van der Waals surface area contributed by atoms with Crippen LogP contribution in [-0.4, -0.2) is 29.6 Å². The van der Waals surface area contributed by atoms with E-state index in [4.69, 9.17) is 4.74 Å². The Morgan fingerprint density at radius 3 is 2.57 bits per heavy atom. The predicted molar refractivity (Wildman–Crippen MR) is 100 cm³/mol. The number of aromatic nitrogens is 1. The molecule has 8 heteroatoms. The highest BCUT2D eigenvalue weighted by molar-refractivity contribution is 5.91. The molecule has 4 rings (SSSR count). The number of benzene rings is 2. The zero-order valence-electron chi connectivity index (χ0n) is 15.0. The molecule has 2 aromatic carbocycles. The molecule has 2 N–H and O–H groups in total. The minimum Gasteiger partial charge on any atom is -0.373 e. The number of hydrogen-bond donors (Lipinski definition) is 2. The maximum absolute atomic E-state index is 13.9. The first-order valence-electron chi connectivity index (χ1n) is 8.66. The van der Waals surface area contributed by atoms with Gasteiger partial charge in [0.1, 0.15) is 0 Å². The number of fused-ring (bicyclic) bond motifs is 3. The number of carbonyl (C=O) groups is 1. The number of rotatable bonds is 2. The molecule has 1 aliphatic heterocycles. The van der Waals surface area contributed by atoms with Gasteiger partial charge < -0.3 is 19.9 Å². The van der Waals surface area contributed by atoms with Crippen LogP contribution >= 0.6 is 0 Å². The number of urea groups is 1. The lowest BCUT2D eigenvalue weighted by atomic mass is 9.95. The fourth-order valence-corrected chi connectivity index (χ4v) is 3.42. The van der Waals surface area contributed by atoms with E-state index in [1.54, 1.807) is 31.3 Å². The number of nitrogens with one attached hydrogen (secondary N) is 2. The Kier molecular flexibility index (Phi) is 4.56.